The van der Waals surface area contributed by atoms with E-state index in [0.29, 0.717) is 11.3 Å². The number of halogens is 1. The van der Waals surface area contributed by atoms with Crippen molar-refractivity contribution >= 4 is 23.2 Å². The van der Waals surface area contributed by atoms with Crippen LogP contribution in [0.15, 0.2) is 41.0 Å². The molecule has 5 nitrogen and oxygen atoms in total. The molecule has 100 valence electrons. The van der Waals surface area contributed by atoms with Crippen molar-refractivity contribution in [1.29, 1.82) is 0 Å². The fraction of sp³-hybridized carbons (Fsp3) is 0.154. The van der Waals surface area contributed by atoms with Gasteiger partial charge in [0.25, 0.3) is 5.91 Å². The molecule has 1 heterocycles. The molecule has 4 N–H and O–H groups in total. The molecule has 1 unspecified atom stereocenters. The lowest BCUT2D eigenvalue weighted by Crippen LogP contribution is -2.28. The van der Waals surface area contributed by atoms with Crippen LogP contribution in [-0.4, -0.2) is 17.6 Å². The van der Waals surface area contributed by atoms with Gasteiger partial charge < -0.3 is 20.6 Å². The molecule has 0 bridgehead atoms. The quantitative estimate of drug-likeness (QED) is 0.747. The van der Waals surface area contributed by atoms with Crippen LogP contribution in [0.2, 0.25) is 5.22 Å². The van der Waals surface area contributed by atoms with Gasteiger partial charge in [0.1, 0.15) is 0 Å². The van der Waals surface area contributed by atoms with Gasteiger partial charge in [-0.2, -0.15) is 0 Å². The number of aliphatic hydroxyl groups is 1. The first kappa shape index (κ1) is 13.5. The van der Waals surface area contributed by atoms with Crippen LogP contribution in [0.5, 0.6) is 0 Å². The van der Waals surface area contributed by atoms with Gasteiger partial charge in [-0.15, -0.1) is 0 Å². The number of furan rings is 1. The van der Waals surface area contributed by atoms with E-state index >= 15 is 0 Å². The third-order valence-corrected chi connectivity index (χ3v) is 2.93. The van der Waals surface area contributed by atoms with Crippen molar-refractivity contribution in [3.8, 4) is 0 Å². The van der Waals surface area contributed by atoms with Gasteiger partial charge in [0.05, 0.1) is 17.9 Å². The second kappa shape index (κ2) is 5.77. The van der Waals surface area contributed by atoms with Gasteiger partial charge in [-0.1, -0.05) is 12.1 Å². The number of nitrogens with two attached hydrogens (primary N) is 1. The van der Waals surface area contributed by atoms with Crippen LogP contribution in [0.3, 0.4) is 0 Å². The number of anilines is 1. The first-order valence-electron chi connectivity index (χ1n) is 5.62. The van der Waals surface area contributed by atoms with Crippen molar-refractivity contribution in [2.45, 2.75) is 6.10 Å². The van der Waals surface area contributed by atoms with E-state index in [1.165, 1.54) is 12.3 Å². The van der Waals surface area contributed by atoms with Crippen molar-refractivity contribution in [1.82, 2.24) is 5.32 Å². The van der Waals surface area contributed by atoms with Gasteiger partial charge in [-0.3, -0.25) is 4.79 Å². The second-order valence-electron chi connectivity index (χ2n) is 4.00. The van der Waals surface area contributed by atoms with Crippen LogP contribution >= 0.6 is 11.6 Å². The summed E-state index contributed by atoms with van der Waals surface area (Å²) in [6, 6.07) is 8.25. The molecule has 0 saturated carbocycles. The minimum atomic E-state index is -0.810. The first-order chi connectivity index (χ1) is 9.08. The molecule has 6 heteroatoms. The van der Waals surface area contributed by atoms with E-state index in [-0.39, 0.29) is 17.3 Å². The largest absolute Gasteiger partial charge is 0.452 e. The van der Waals surface area contributed by atoms with Crippen LogP contribution in [0.25, 0.3) is 0 Å². The lowest BCUT2D eigenvalue weighted by Gasteiger charge is -2.12. The maximum Gasteiger partial charge on any atom is 0.256 e. The van der Waals surface area contributed by atoms with Crippen molar-refractivity contribution in [2.24, 2.45) is 0 Å². The molecular weight excluding hydrogens is 268 g/mol. The van der Waals surface area contributed by atoms with E-state index in [1.54, 1.807) is 24.3 Å². The number of benzene rings is 1. The monoisotopic (exact) mass is 280 g/mol. The Hall–Kier alpha value is -1.98. The maximum atomic E-state index is 11.7. The Labute approximate surface area is 115 Å². The number of hydrogen-bond donors (Lipinski definition) is 3. The Morgan fingerprint density at radius 1 is 1.37 bits per heavy atom. The Balaban J connectivity index is 1.94. The van der Waals surface area contributed by atoms with Crippen LogP contribution in [0.4, 0.5) is 5.69 Å². The molecule has 2 aromatic rings. The average molecular weight is 281 g/mol. The minimum Gasteiger partial charge on any atom is -0.452 e. The standard InChI is InChI=1S/C13H13ClN2O3/c14-12-10(5-6-19-12)13(18)16-7-11(17)8-1-3-9(15)4-2-8/h1-6,11,17H,7,15H2,(H,16,18). The van der Waals surface area contributed by atoms with Gasteiger partial charge in [-0.05, 0) is 35.4 Å². The van der Waals surface area contributed by atoms with Crippen molar-refractivity contribution in [2.75, 3.05) is 12.3 Å². The SMILES string of the molecule is Nc1ccc(C(O)CNC(=O)c2ccoc2Cl)cc1. The maximum absolute atomic E-state index is 11.7. The summed E-state index contributed by atoms with van der Waals surface area (Å²) in [4.78, 5) is 11.7. The zero-order chi connectivity index (χ0) is 13.8. The van der Waals surface area contributed by atoms with E-state index < -0.39 is 12.0 Å². The highest BCUT2D eigenvalue weighted by atomic mass is 35.5. The molecule has 0 aliphatic rings. The van der Waals surface area contributed by atoms with Crippen LogP contribution in [-0.2, 0) is 0 Å². The molecule has 0 radical (unpaired) electrons. The van der Waals surface area contributed by atoms with E-state index in [0.717, 1.165) is 0 Å². The fourth-order valence-electron chi connectivity index (χ4n) is 1.58. The van der Waals surface area contributed by atoms with Crippen molar-refractivity contribution in [3.05, 3.63) is 52.9 Å². The fourth-order valence-corrected chi connectivity index (χ4v) is 1.78. The number of carbonyl (C=O) groups excluding carboxylic acids is 1. The summed E-state index contributed by atoms with van der Waals surface area (Å²) in [6.07, 6.45) is 0.517. The number of rotatable bonds is 4. The van der Waals surface area contributed by atoms with Gasteiger partial charge in [0.15, 0.2) is 0 Å². The zero-order valence-electron chi connectivity index (χ0n) is 9.97. The Bertz CT molecular complexity index is 566. The van der Waals surface area contributed by atoms with Gasteiger partial charge >= 0.3 is 0 Å². The Kier molecular flexibility index (Phi) is 4.09. The molecule has 1 amide bonds. The molecule has 0 spiro atoms. The lowest BCUT2D eigenvalue weighted by atomic mass is 10.1. The number of carbonyl (C=O) groups is 1. The molecule has 1 aromatic heterocycles. The third-order valence-electron chi connectivity index (χ3n) is 2.64. The molecule has 0 aliphatic heterocycles. The highest BCUT2D eigenvalue weighted by molar-refractivity contribution is 6.32. The Morgan fingerprint density at radius 2 is 2.05 bits per heavy atom. The normalized spacial score (nSPS) is 12.1. The summed E-state index contributed by atoms with van der Waals surface area (Å²) in [5.41, 5.74) is 7.08. The predicted octanol–water partition coefficient (Wildman–Crippen LogP) is 1.98. The summed E-state index contributed by atoms with van der Waals surface area (Å²) < 4.78 is 4.82. The number of hydrogen-bond acceptors (Lipinski definition) is 4. The average Bonchev–Trinajstić information content (AvgIpc) is 2.83. The van der Waals surface area contributed by atoms with E-state index in [1.807, 2.05) is 0 Å². The molecule has 1 aromatic carbocycles. The Morgan fingerprint density at radius 3 is 2.63 bits per heavy atom. The first-order valence-corrected chi connectivity index (χ1v) is 6.00. The summed E-state index contributed by atoms with van der Waals surface area (Å²) in [7, 11) is 0. The summed E-state index contributed by atoms with van der Waals surface area (Å²) >= 11 is 5.68. The number of amides is 1. The van der Waals surface area contributed by atoms with Gasteiger partial charge in [-0.25, -0.2) is 0 Å². The molecule has 1 atom stereocenters. The molecule has 0 saturated heterocycles. The minimum absolute atomic E-state index is 0.0273. The number of aliphatic hydroxyl groups excluding tert-OH is 1. The zero-order valence-corrected chi connectivity index (χ0v) is 10.7. The third kappa shape index (κ3) is 3.27. The summed E-state index contributed by atoms with van der Waals surface area (Å²) in [6.45, 7) is 0.0737. The molecule has 19 heavy (non-hydrogen) atoms. The lowest BCUT2D eigenvalue weighted by molar-refractivity contribution is 0.0916. The topological polar surface area (TPSA) is 88.5 Å². The van der Waals surface area contributed by atoms with E-state index in [2.05, 4.69) is 5.32 Å². The molecule has 0 aliphatic carbocycles. The summed E-state index contributed by atoms with van der Waals surface area (Å²) in [5, 5.41) is 12.5. The number of nitrogen functional groups attached to an aromatic ring is 1. The van der Waals surface area contributed by atoms with Gasteiger partial charge in [0.2, 0.25) is 5.22 Å². The van der Waals surface area contributed by atoms with Crippen LogP contribution in [0, 0.1) is 0 Å². The number of nitrogens with one attached hydrogen (secondary N) is 1. The van der Waals surface area contributed by atoms with E-state index in [4.69, 9.17) is 21.8 Å². The van der Waals surface area contributed by atoms with Gasteiger partial charge in [0, 0.05) is 12.2 Å². The predicted molar refractivity (Wildman–Crippen MR) is 71.9 cm³/mol. The smallest absolute Gasteiger partial charge is 0.256 e. The molecule has 2 rings (SSSR count). The van der Waals surface area contributed by atoms with Crippen molar-refractivity contribution < 1.29 is 14.3 Å². The summed E-state index contributed by atoms with van der Waals surface area (Å²) in [5.74, 6) is -0.395. The highest BCUT2D eigenvalue weighted by Crippen LogP contribution is 2.17. The second-order valence-corrected chi connectivity index (χ2v) is 4.34. The van der Waals surface area contributed by atoms with E-state index in [9.17, 15) is 9.90 Å². The van der Waals surface area contributed by atoms with Crippen LogP contribution < -0.4 is 11.1 Å². The molecule has 0 fully saturated rings. The highest BCUT2D eigenvalue weighted by Gasteiger charge is 2.14. The van der Waals surface area contributed by atoms with Crippen LogP contribution in [0.1, 0.15) is 22.0 Å². The molecular formula is C13H13ClN2O3. The van der Waals surface area contributed by atoms with Crippen molar-refractivity contribution in [3.63, 3.8) is 0 Å².